The van der Waals surface area contributed by atoms with Crippen LogP contribution in [0, 0.1) is 0 Å². The van der Waals surface area contributed by atoms with Crippen LogP contribution in [-0.4, -0.2) is 121 Å². The van der Waals surface area contributed by atoms with Crippen molar-refractivity contribution in [1.82, 2.24) is 0 Å². The van der Waals surface area contributed by atoms with Crippen molar-refractivity contribution in [3.63, 3.8) is 0 Å². The Morgan fingerprint density at radius 1 is 0.762 bits per heavy atom. The Morgan fingerprint density at radius 3 is 2.07 bits per heavy atom. The average Bonchev–Trinajstić information content (AvgIpc) is 2.97. The SMILES string of the molecule is O=c1c(-c2ccc(O)cc2)coc2cc(O[C@@H]3O[C@H](CO)[C@@H](O[C@H]4O[C@H](CO)[C@@H](O)[C@H](O)[C@H]4O)[C@H](O)[C@H]3O)cc(O)c12. The van der Waals surface area contributed by atoms with E-state index >= 15 is 0 Å². The molecule has 10 atom stereocenters. The minimum Gasteiger partial charge on any atom is -0.508 e. The van der Waals surface area contributed by atoms with Crippen molar-refractivity contribution in [2.24, 2.45) is 0 Å². The van der Waals surface area contributed by atoms with E-state index < -0.39 is 85.8 Å². The number of benzene rings is 2. The summed E-state index contributed by atoms with van der Waals surface area (Å²) >= 11 is 0. The fraction of sp³-hybridized carbons (Fsp3) is 0.444. The molecule has 2 aliphatic rings. The monoisotopic (exact) mass is 594 g/mol. The Balaban J connectivity index is 1.34. The molecular weight excluding hydrogens is 564 g/mol. The molecule has 2 aliphatic heterocycles. The number of hydrogen-bond donors (Lipinski definition) is 9. The summed E-state index contributed by atoms with van der Waals surface area (Å²) in [7, 11) is 0. The fourth-order valence-corrected chi connectivity index (χ4v) is 4.90. The number of phenolic OH excluding ortho intramolecular Hbond substituents is 2. The van der Waals surface area contributed by atoms with Crippen molar-refractivity contribution in [2.45, 2.75) is 61.4 Å². The summed E-state index contributed by atoms with van der Waals surface area (Å²) in [6, 6.07) is 8.08. The van der Waals surface area contributed by atoms with Crippen LogP contribution >= 0.6 is 0 Å². The van der Waals surface area contributed by atoms with E-state index in [1.807, 2.05) is 0 Å². The maximum atomic E-state index is 13.1. The molecule has 5 rings (SSSR count). The molecule has 15 heteroatoms. The van der Waals surface area contributed by atoms with Gasteiger partial charge in [0.05, 0.1) is 18.8 Å². The maximum Gasteiger partial charge on any atom is 0.229 e. The van der Waals surface area contributed by atoms with Crippen molar-refractivity contribution in [3.05, 3.63) is 52.9 Å². The van der Waals surface area contributed by atoms with Crippen LogP contribution in [-0.2, 0) is 14.2 Å². The van der Waals surface area contributed by atoms with Crippen LogP contribution in [0.15, 0.2) is 51.9 Å². The number of rotatable bonds is 7. The summed E-state index contributed by atoms with van der Waals surface area (Å²) in [6.07, 6.45) is -15.2. The lowest BCUT2D eigenvalue weighted by molar-refractivity contribution is -0.352. The summed E-state index contributed by atoms with van der Waals surface area (Å²) in [4.78, 5) is 13.1. The largest absolute Gasteiger partial charge is 0.508 e. The van der Waals surface area contributed by atoms with Crippen LogP contribution in [0.2, 0.25) is 0 Å². The van der Waals surface area contributed by atoms with Gasteiger partial charge < -0.3 is 69.3 Å². The van der Waals surface area contributed by atoms with Crippen LogP contribution in [0.1, 0.15) is 0 Å². The van der Waals surface area contributed by atoms with Gasteiger partial charge in [0.25, 0.3) is 0 Å². The van der Waals surface area contributed by atoms with E-state index in [9.17, 15) is 50.8 Å². The Kier molecular flexibility index (Phi) is 8.68. The first-order valence-corrected chi connectivity index (χ1v) is 12.9. The molecule has 2 saturated heterocycles. The highest BCUT2D eigenvalue weighted by atomic mass is 16.7. The smallest absolute Gasteiger partial charge is 0.229 e. The van der Waals surface area contributed by atoms with Gasteiger partial charge in [0, 0.05) is 12.1 Å². The van der Waals surface area contributed by atoms with Crippen LogP contribution in [0.25, 0.3) is 22.1 Å². The summed E-state index contributed by atoms with van der Waals surface area (Å²) < 4.78 is 27.5. The Morgan fingerprint density at radius 2 is 1.40 bits per heavy atom. The van der Waals surface area contributed by atoms with E-state index in [2.05, 4.69) is 0 Å². The van der Waals surface area contributed by atoms with Crippen LogP contribution in [0.3, 0.4) is 0 Å². The molecule has 0 bridgehead atoms. The first-order valence-electron chi connectivity index (χ1n) is 12.9. The molecule has 0 spiro atoms. The normalized spacial score (nSPS) is 33.5. The third kappa shape index (κ3) is 5.55. The van der Waals surface area contributed by atoms with Crippen molar-refractivity contribution in [2.75, 3.05) is 13.2 Å². The van der Waals surface area contributed by atoms with Crippen LogP contribution in [0.5, 0.6) is 17.2 Å². The first kappa shape index (κ1) is 30.1. The number of hydrogen-bond acceptors (Lipinski definition) is 15. The molecular formula is C27H30O15. The Labute approximate surface area is 236 Å². The molecule has 2 fully saturated rings. The topological polar surface area (TPSA) is 249 Å². The number of ether oxygens (including phenoxy) is 4. The van der Waals surface area contributed by atoms with Gasteiger partial charge in [-0.15, -0.1) is 0 Å². The highest BCUT2D eigenvalue weighted by Gasteiger charge is 2.51. The molecule has 15 nitrogen and oxygen atoms in total. The molecule has 0 saturated carbocycles. The lowest BCUT2D eigenvalue weighted by atomic mass is 9.97. The molecule has 0 radical (unpaired) electrons. The lowest BCUT2D eigenvalue weighted by Gasteiger charge is -2.45. The summed E-state index contributed by atoms with van der Waals surface area (Å²) in [5.74, 6) is -0.659. The van der Waals surface area contributed by atoms with Crippen molar-refractivity contribution < 1.29 is 69.3 Å². The number of aliphatic hydroxyl groups excluding tert-OH is 7. The molecule has 1 aromatic heterocycles. The Hall–Kier alpha value is -3.35. The second-order valence-electron chi connectivity index (χ2n) is 9.96. The third-order valence-electron chi connectivity index (χ3n) is 7.22. The predicted molar refractivity (Wildman–Crippen MR) is 138 cm³/mol. The van der Waals surface area contributed by atoms with Crippen molar-refractivity contribution >= 4 is 11.0 Å². The van der Waals surface area contributed by atoms with E-state index in [0.29, 0.717) is 5.56 Å². The lowest BCUT2D eigenvalue weighted by Crippen LogP contribution is -2.65. The summed E-state index contributed by atoms with van der Waals surface area (Å²) in [5.41, 5.74) is -0.0851. The van der Waals surface area contributed by atoms with E-state index in [1.54, 1.807) is 0 Å². The van der Waals surface area contributed by atoms with Gasteiger partial charge in [-0.05, 0) is 17.7 Å². The van der Waals surface area contributed by atoms with Crippen LogP contribution in [0.4, 0.5) is 0 Å². The average molecular weight is 595 g/mol. The minimum absolute atomic E-state index is 0.000932. The zero-order chi connectivity index (χ0) is 30.3. The fourth-order valence-electron chi connectivity index (χ4n) is 4.90. The van der Waals surface area contributed by atoms with Gasteiger partial charge in [0.2, 0.25) is 11.7 Å². The zero-order valence-corrected chi connectivity index (χ0v) is 21.7. The molecule has 3 aromatic rings. The van der Waals surface area contributed by atoms with Gasteiger partial charge in [0.15, 0.2) is 6.29 Å². The highest BCUT2D eigenvalue weighted by Crippen LogP contribution is 2.34. The number of phenols is 2. The van der Waals surface area contributed by atoms with E-state index in [-0.39, 0.29) is 28.0 Å². The first-order chi connectivity index (χ1) is 20.0. The van der Waals surface area contributed by atoms with Crippen molar-refractivity contribution in [3.8, 4) is 28.4 Å². The van der Waals surface area contributed by atoms with Gasteiger partial charge in [-0.2, -0.15) is 0 Å². The molecule has 3 heterocycles. The van der Waals surface area contributed by atoms with Crippen molar-refractivity contribution in [1.29, 1.82) is 0 Å². The maximum absolute atomic E-state index is 13.1. The number of aromatic hydroxyl groups is 2. The van der Waals surface area contributed by atoms with E-state index in [4.69, 9.17) is 23.4 Å². The number of fused-ring (bicyclic) bond motifs is 1. The van der Waals surface area contributed by atoms with Gasteiger partial charge in [-0.3, -0.25) is 4.79 Å². The predicted octanol–water partition coefficient (Wildman–Crippen LogP) is -2.13. The van der Waals surface area contributed by atoms with E-state index in [1.165, 1.54) is 36.6 Å². The van der Waals surface area contributed by atoms with Gasteiger partial charge >= 0.3 is 0 Å². The summed E-state index contributed by atoms with van der Waals surface area (Å²) in [6.45, 7) is -1.50. The molecule has 0 unspecified atom stereocenters. The molecule has 228 valence electrons. The second-order valence-corrected chi connectivity index (χ2v) is 9.96. The molecule has 0 aliphatic carbocycles. The highest BCUT2D eigenvalue weighted by molar-refractivity contribution is 5.88. The van der Waals surface area contributed by atoms with E-state index in [0.717, 1.165) is 6.07 Å². The second kappa shape index (κ2) is 12.1. The Bertz CT molecular complexity index is 1440. The molecule has 0 amide bonds. The minimum atomic E-state index is -1.83. The summed E-state index contributed by atoms with van der Waals surface area (Å²) in [5, 5.41) is 91.0. The third-order valence-corrected chi connectivity index (χ3v) is 7.22. The number of aliphatic hydroxyl groups is 7. The molecule has 42 heavy (non-hydrogen) atoms. The molecule has 9 N–H and O–H groups in total. The quantitative estimate of drug-likeness (QED) is 0.142. The van der Waals surface area contributed by atoms with Gasteiger partial charge in [0.1, 0.15) is 83.3 Å². The van der Waals surface area contributed by atoms with Crippen LogP contribution < -0.4 is 10.2 Å². The zero-order valence-electron chi connectivity index (χ0n) is 21.7. The van der Waals surface area contributed by atoms with Gasteiger partial charge in [-0.25, -0.2) is 0 Å². The molecule has 2 aromatic carbocycles. The van der Waals surface area contributed by atoms with Gasteiger partial charge in [-0.1, -0.05) is 12.1 Å². The standard InChI is InChI=1S/C27H30O15/c28-7-16-20(33)21(34)23(36)27(40-16)42-25-17(8-29)41-26(24(37)22(25)35)39-12-5-14(31)18-15(6-12)38-9-13(19(18)32)10-1-3-11(30)4-2-10/h1-6,9,16-17,20-31,33-37H,7-8H2/t16-,17-,20-,21+,22-,23-,24-,25-,26-,27-/m1/s1.